The molecule has 1 heterocycles. The first-order valence-electron chi connectivity index (χ1n) is 7.37. The summed E-state index contributed by atoms with van der Waals surface area (Å²) >= 11 is 0. The van der Waals surface area contributed by atoms with Crippen LogP contribution < -0.4 is 10.6 Å². The minimum absolute atomic E-state index is 0. The highest BCUT2D eigenvalue weighted by Crippen LogP contribution is 2.28. The molecule has 1 aromatic carbocycles. The zero-order valence-electron chi connectivity index (χ0n) is 12.7. The fourth-order valence-corrected chi connectivity index (χ4v) is 2.69. The molecule has 5 heteroatoms. The largest absolute Gasteiger partial charge is 0.507 e. The molecule has 1 fully saturated rings. The summed E-state index contributed by atoms with van der Waals surface area (Å²) in [7, 11) is 0. The highest BCUT2D eigenvalue weighted by atomic mass is 35.5. The normalized spacial score (nSPS) is 15.3. The Labute approximate surface area is 132 Å². The van der Waals surface area contributed by atoms with Crippen LogP contribution in [0.4, 0.5) is 5.69 Å². The number of phenolic OH excluding ortho intramolecular Hbond substituents is 1. The van der Waals surface area contributed by atoms with Crippen LogP contribution in [0.25, 0.3) is 0 Å². The third-order valence-electron chi connectivity index (χ3n) is 4.15. The van der Waals surface area contributed by atoms with E-state index in [1.807, 2.05) is 26.0 Å². The van der Waals surface area contributed by atoms with Gasteiger partial charge in [0, 0.05) is 17.7 Å². The maximum atomic E-state index is 12.0. The van der Waals surface area contributed by atoms with Crippen LogP contribution in [0.3, 0.4) is 0 Å². The molecule has 0 unspecified atom stereocenters. The minimum Gasteiger partial charge on any atom is -0.507 e. The predicted molar refractivity (Wildman–Crippen MR) is 88.3 cm³/mol. The Morgan fingerprint density at radius 3 is 2.67 bits per heavy atom. The van der Waals surface area contributed by atoms with Crippen LogP contribution in [0.15, 0.2) is 12.1 Å². The molecule has 0 spiro atoms. The van der Waals surface area contributed by atoms with Gasteiger partial charge in [-0.1, -0.05) is 6.07 Å². The van der Waals surface area contributed by atoms with Crippen LogP contribution in [0.5, 0.6) is 5.75 Å². The average molecular weight is 313 g/mol. The van der Waals surface area contributed by atoms with Gasteiger partial charge in [0.05, 0.1) is 0 Å². The summed E-state index contributed by atoms with van der Waals surface area (Å²) in [5.74, 6) is 0.963. The lowest BCUT2D eigenvalue weighted by Crippen LogP contribution is -2.28. The number of hydrogen-bond acceptors (Lipinski definition) is 3. The third-order valence-corrected chi connectivity index (χ3v) is 4.15. The topological polar surface area (TPSA) is 61.4 Å². The van der Waals surface area contributed by atoms with Gasteiger partial charge in [-0.2, -0.15) is 0 Å². The number of carbonyl (C=O) groups excluding carboxylic acids is 1. The third kappa shape index (κ3) is 4.90. The number of nitrogens with one attached hydrogen (secondary N) is 2. The van der Waals surface area contributed by atoms with Crippen LogP contribution in [-0.2, 0) is 4.79 Å². The molecule has 0 radical (unpaired) electrons. The van der Waals surface area contributed by atoms with Crippen LogP contribution in [-0.4, -0.2) is 24.1 Å². The summed E-state index contributed by atoms with van der Waals surface area (Å²) in [5, 5.41) is 16.1. The van der Waals surface area contributed by atoms with Gasteiger partial charge in [0.2, 0.25) is 5.91 Å². The van der Waals surface area contributed by atoms with E-state index >= 15 is 0 Å². The molecule has 4 nitrogen and oxygen atoms in total. The van der Waals surface area contributed by atoms with Crippen molar-refractivity contribution in [2.24, 2.45) is 5.92 Å². The maximum Gasteiger partial charge on any atom is 0.224 e. The molecule has 2 rings (SSSR count). The highest BCUT2D eigenvalue weighted by molar-refractivity contribution is 5.91. The number of carbonyl (C=O) groups is 1. The predicted octanol–water partition coefficient (Wildman–Crippen LogP) is 3.15. The monoisotopic (exact) mass is 312 g/mol. The van der Waals surface area contributed by atoms with Crippen molar-refractivity contribution < 1.29 is 9.90 Å². The van der Waals surface area contributed by atoms with Crippen molar-refractivity contribution in [3.8, 4) is 5.75 Å². The zero-order chi connectivity index (χ0) is 14.5. The second kappa shape index (κ2) is 8.25. The van der Waals surface area contributed by atoms with Gasteiger partial charge in [-0.25, -0.2) is 0 Å². The van der Waals surface area contributed by atoms with E-state index in [-0.39, 0.29) is 24.1 Å². The number of aromatic hydroxyl groups is 1. The Kier molecular flexibility index (Phi) is 6.99. The molecule has 3 N–H and O–H groups in total. The molecule has 0 atom stereocenters. The number of rotatable bonds is 4. The summed E-state index contributed by atoms with van der Waals surface area (Å²) in [6.07, 6.45) is 3.83. The number of piperidine rings is 1. The fraction of sp³-hybridized carbons (Fsp3) is 0.562. The van der Waals surface area contributed by atoms with E-state index in [2.05, 4.69) is 10.6 Å². The Hall–Kier alpha value is -1.26. The Morgan fingerprint density at radius 2 is 2.00 bits per heavy atom. The van der Waals surface area contributed by atoms with Crippen molar-refractivity contribution in [2.75, 3.05) is 18.4 Å². The van der Waals surface area contributed by atoms with Crippen molar-refractivity contribution in [1.29, 1.82) is 0 Å². The summed E-state index contributed by atoms with van der Waals surface area (Å²) in [6.45, 7) is 5.81. The lowest BCUT2D eigenvalue weighted by atomic mass is 9.93. The number of benzene rings is 1. The molecular formula is C16H25ClN2O2. The van der Waals surface area contributed by atoms with E-state index in [9.17, 15) is 9.90 Å². The average Bonchev–Trinajstić information content (AvgIpc) is 2.47. The van der Waals surface area contributed by atoms with Crippen LogP contribution >= 0.6 is 12.4 Å². The first-order valence-corrected chi connectivity index (χ1v) is 7.37. The smallest absolute Gasteiger partial charge is 0.224 e. The van der Waals surface area contributed by atoms with Crippen molar-refractivity contribution >= 4 is 24.0 Å². The summed E-state index contributed by atoms with van der Waals surface area (Å²) in [5.41, 5.74) is 2.28. The van der Waals surface area contributed by atoms with Crippen molar-refractivity contribution in [3.63, 3.8) is 0 Å². The number of phenols is 1. The lowest BCUT2D eigenvalue weighted by molar-refractivity contribution is -0.116. The van der Waals surface area contributed by atoms with E-state index in [0.29, 0.717) is 18.0 Å². The number of anilines is 1. The molecule has 0 saturated carbocycles. The molecule has 21 heavy (non-hydrogen) atoms. The van der Waals surface area contributed by atoms with Gasteiger partial charge in [0.25, 0.3) is 0 Å². The molecule has 1 amide bonds. The molecular weight excluding hydrogens is 288 g/mol. The van der Waals surface area contributed by atoms with Gasteiger partial charge in [0.15, 0.2) is 0 Å². The SMILES string of the molecule is Cc1ccc(NC(=O)CCC2CCNCC2)c(C)c1O.Cl. The van der Waals surface area contributed by atoms with Crippen LogP contribution in [0.2, 0.25) is 0 Å². The molecule has 1 aliphatic rings. The Balaban J connectivity index is 0.00000220. The van der Waals surface area contributed by atoms with Crippen molar-refractivity contribution in [2.45, 2.75) is 39.5 Å². The molecule has 0 aromatic heterocycles. The van der Waals surface area contributed by atoms with Crippen molar-refractivity contribution in [1.82, 2.24) is 5.32 Å². The summed E-state index contributed by atoms with van der Waals surface area (Å²) in [4.78, 5) is 12.0. The fourth-order valence-electron chi connectivity index (χ4n) is 2.69. The standard InChI is InChI=1S/C16H24N2O2.ClH/c1-11-3-5-14(12(2)16(11)20)18-15(19)6-4-13-7-9-17-10-8-13;/h3,5,13,17,20H,4,6-10H2,1-2H3,(H,18,19);1H. The highest BCUT2D eigenvalue weighted by Gasteiger charge is 2.15. The van der Waals surface area contributed by atoms with Crippen LogP contribution in [0, 0.1) is 19.8 Å². The number of amides is 1. The molecule has 0 aliphatic carbocycles. The summed E-state index contributed by atoms with van der Waals surface area (Å²) in [6, 6.07) is 3.68. The number of halogens is 1. The van der Waals surface area contributed by atoms with Gasteiger partial charge >= 0.3 is 0 Å². The zero-order valence-corrected chi connectivity index (χ0v) is 13.6. The Morgan fingerprint density at radius 1 is 1.33 bits per heavy atom. The molecule has 0 bridgehead atoms. The number of aryl methyl sites for hydroxylation is 1. The van der Waals surface area contributed by atoms with E-state index in [0.717, 1.165) is 43.5 Å². The van der Waals surface area contributed by atoms with Gasteiger partial charge in [-0.15, -0.1) is 12.4 Å². The van der Waals surface area contributed by atoms with Gasteiger partial charge in [-0.05, 0) is 63.7 Å². The molecule has 1 aromatic rings. The van der Waals surface area contributed by atoms with Gasteiger partial charge in [0.1, 0.15) is 5.75 Å². The second-order valence-electron chi connectivity index (χ2n) is 5.68. The summed E-state index contributed by atoms with van der Waals surface area (Å²) < 4.78 is 0. The lowest BCUT2D eigenvalue weighted by Gasteiger charge is -2.22. The maximum absolute atomic E-state index is 12.0. The second-order valence-corrected chi connectivity index (χ2v) is 5.68. The Bertz CT molecular complexity index is 485. The quantitative estimate of drug-likeness (QED) is 0.800. The van der Waals surface area contributed by atoms with E-state index < -0.39 is 0 Å². The molecule has 1 aliphatic heterocycles. The molecule has 1 saturated heterocycles. The van der Waals surface area contributed by atoms with E-state index in [1.54, 1.807) is 0 Å². The minimum atomic E-state index is 0. The van der Waals surface area contributed by atoms with Gasteiger partial charge in [-0.3, -0.25) is 4.79 Å². The first-order chi connectivity index (χ1) is 9.58. The van der Waals surface area contributed by atoms with Crippen LogP contribution in [0.1, 0.15) is 36.8 Å². The van der Waals surface area contributed by atoms with Crippen molar-refractivity contribution in [3.05, 3.63) is 23.3 Å². The molecule has 118 valence electrons. The first kappa shape index (κ1) is 17.8. The van der Waals surface area contributed by atoms with E-state index in [1.165, 1.54) is 0 Å². The van der Waals surface area contributed by atoms with Gasteiger partial charge < -0.3 is 15.7 Å². The van der Waals surface area contributed by atoms with E-state index in [4.69, 9.17) is 0 Å². The number of hydrogen-bond donors (Lipinski definition) is 3.